The number of hydrogen-bond donors (Lipinski definition) is 0. The molecular weight excluding hydrogens is 459 g/mol. The molecule has 0 aliphatic heterocycles. The van der Waals surface area contributed by atoms with Gasteiger partial charge in [-0.3, -0.25) is 4.79 Å². The lowest BCUT2D eigenvalue weighted by Gasteiger charge is -2.07. The van der Waals surface area contributed by atoms with Crippen molar-refractivity contribution in [2.45, 2.75) is 11.4 Å². The molecule has 0 unspecified atom stereocenters. The molecular formula is C22H12F3N3O2S2. The topological polar surface area (TPSA) is 60.9 Å². The number of carbonyl (C=O) groups excluding carboxylic acids is 1. The zero-order chi connectivity index (χ0) is 22.3. The highest BCUT2D eigenvalue weighted by Crippen LogP contribution is 2.35. The van der Waals surface area contributed by atoms with E-state index in [0.717, 1.165) is 17.8 Å². The Kier molecular flexibility index (Phi) is 5.10. The standard InChI is InChI=1S/C22H12F3N3O2S2/c23-22(24,25)19-12-16(18-6-3-11-31-18)28(27-19)14-9-7-13(8-10-14)20(29)32-21-26-15-4-1-2-5-17(15)30-21/h1-12H. The van der Waals surface area contributed by atoms with Crippen LogP contribution >= 0.6 is 23.1 Å². The van der Waals surface area contributed by atoms with Crippen molar-refractivity contribution in [1.29, 1.82) is 0 Å². The number of rotatable bonds is 4. The average Bonchev–Trinajstić information content (AvgIpc) is 3.51. The van der Waals surface area contributed by atoms with Crippen LogP contribution in [0.5, 0.6) is 0 Å². The van der Waals surface area contributed by atoms with E-state index in [1.807, 2.05) is 12.1 Å². The van der Waals surface area contributed by atoms with E-state index in [1.165, 1.54) is 16.0 Å². The van der Waals surface area contributed by atoms with Crippen LogP contribution in [0.4, 0.5) is 13.2 Å². The minimum atomic E-state index is -4.57. The minimum absolute atomic E-state index is 0.224. The number of para-hydroxylation sites is 2. The van der Waals surface area contributed by atoms with E-state index >= 15 is 0 Å². The van der Waals surface area contributed by atoms with Crippen molar-refractivity contribution in [3.63, 3.8) is 0 Å². The smallest absolute Gasteiger partial charge is 0.431 e. The molecule has 32 heavy (non-hydrogen) atoms. The van der Waals surface area contributed by atoms with E-state index in [2.05, 4.69) is 10.1 Å². The van der Waals surface area contributed by atoms with Gasteiger partial charge in [-0.05, 0) is 53.9 Å². The monoisotopic (exact) mass is 471 g/mol. The number of aromatic nitrogens is 3. The first-order valence-corrected chi connectivity index (χ1v) is 11.0. The number of nitrogens with zero attached hydrogens (tertiary/aromatic N) is 3. The molecule has 0 spiro atoms. The van der Waals surface area contributed by atoms with Gasteiger partial charge in [0.2, 0.25) is 5.12 Å². The minimum Gasteiger partial charge on any atom is -0.431 e. The van der Waals surface area contributed by atoms with Crippen LogP contribution in [0, 0.1) is 0 Å². The molecule has 0 fully saturated rings. The van der Waals surface area contributed by atoms with E-state index in [4.69, 9.17) is 4.42 Å². The zero-order valence-electron chi connectivity index (χ0n) is 16.0. The highest BCUT2D eigenvalue weighted by molar-refractivity contribution is 8.14. The largest absolute Gasteiger partial charge is 0.435 e. The first-order valence-electron chi connectivity index (χ1n) is 9.28. The van der Waals surface area contributed by atoms with Crippen molar-refractivity contribution in [1.82, 2.24) is 14.8 Å². The van der Waals surface area contributed by atoms with E-state index in [0.29, 0.717) is 32.9 Å². The lowest BCUT2D eigenvalue weighted by Crippen LogP contribution is -2.07. The molecule has 10 heteroatoms. The SMILES string of the molecule is O=C(Sc1nc2ccccc2o1)c1ccc(-n2nc(C(F)(F)F)cc2-c2cccs2)cc1. The van der Waals surface area contributed by atoms with Crippen molar-refractivity contribution in [3.05, 3.63) is 83.4 Å². The van der Waals surface area contributed by atoms with Crippen LogP contribution in [0.2, 0.25) is 0 Å². The summed E-state index contributed by atoms with van der Waals surface area (Å²) < 4.78 is 46.6. The summed E-state index contributed by atoms with van der Waals surface area (Å²) in [7, 11) is 0. The van der Waals surface area contributed by atoms with Crippen molar-refractivity contribution in [2.24, 2.45) is 0 Å². The summed E-state index contributed by atoms with van der Waals surface area (Å²) >= 11 is 2.16. The lowest BCUT2D eigenvalue weighted by molar-refractivity contribution is -0.141. The molecule has 0 atom stereocenters. The van der Waals surface area contributed by atoms with Gasteiger partial charge in [0, 0.05) is 17.3 Å². The number of hydrogen-bond acceptors (Lipinski definition) is 6. The van der Waals surface area contributed by atoms with E-state index in [-0.39, 0.29) is 10.3 Å². The summed E-state index contributed by atoms with van der Waals surface area (Å²) in [6, 6.07) is 17.9. The molecule has 5 rings (SSSR count). The molecule has 5 nitrogen and oxygen atoms in total. The fourth-order valence-corrected chi connectivity index (χ4v) is 4.50. The number of halogens is 3. The van der Waals surface area contributed by atoms with Gasteiger partial charge in [0.05, 0.1) is 16.3 Å². The summed E-state index contributed by atoms with van der Waals surface area (Å²) in [4.78, 5) is 17.5. The van der Waals surface area contributed by atoms with Crippen LogP contribution in [0.15, 0.2) is 81.8 Å². The maximum Gasteiger partial charge on any atom is 0.435 e. The lowest BCUT2D eigenvalue weighted by atomic mass is 10.2. The van der Waals surface area contributed by atoms with Gasteiger partial charge in [-0.1, -0.05) is 18.2 Å². The fourth-order valence-electron chi connectivity index (χ4n) is 3.09. The maximum absolute atomic E-state index is 13.3. The number of alkyl halides is 3. The number of oxazole rings is 1. The summed E-state index contributed by atoms with van der Waals surface area (Å²) in [5.74, 6) is 0. The Bertz CT molecular complexity index is 1370. The van der Waals surface area contributed by atoms with E-state index in [1.54, 1.807) is 53.9 Å². The van der Waals surface area contributed by atoms with Gasteiger partial charge in [0.25, 0.3) is 5.22 Å². The van der Waals surface area contributed by atoms with Gasteiger partial charge in [0.1, 0.15) is 5.52 Å². The maximum atomic E-state index is 13.3. The molecule has 3 aromatic heterocycles. The second-order valence-corrected chi connectivity index (χ2v) is 8.56. The predicted molar refractivity (Wildman–Crippen MR) is 116 cm³/mol. The fraction of sp³-hybridized carbons (Fsp3) is 0.0455. The Labute approximate surface area is 187 Å². The quantitative estimate of drug-likeness (QED) is 0.273. The van der Waals surface area contributed by atoms with Crippen LogP contribution < -0.4 is 0 Å². The first kappa shape index (κ1) is 20.5. The summed E-state index contributed by atoms with van der Waals surface area (Å²) in [6.07, 6.45) is -4.57. The number of thiophene rings is 1. The Morgan fingerprint density at radius 1 is 1.03 bits per heavy atom. The van der Waals surface area contributed by atoms with Crippen LogP contribution in [0.1, 0.15) is 16.1 Å². The molecule has 160 valence electrons. The van der Waals surface area contributed by atoms with Gasteiger partial charge in [-0.25, -0.2) is 9.67 Å². The van der Waals surface area contributed by atoms with Crippen LogP contribution in [0.3, 0.4) is 0 Å². The molecule has 0 amide bonds. The second-order valence-electron chi connectivity index (χ2n) is 6.69. The third-order valence-electron chi connectivity index (χ3n) is 4.58. The van der Waals surface area contributed by atoms with Crippen molar-refractivity contribution in [2.75, 3.05) is 0 Å². The number of fused-ring (bicyclic) bond motifs is 1. The first-order chi connectivity index (χ1) is 15.4. The molecule has 0 aliphatic carbocycles. The third kappa shape index (κ3) is 3.94. The summed E-state index contributed by atoms with van der Waals surface area (Å²) in [5, 5.41) is 5.47. The number of thioether (sulfide) groups is 1. The molecule has 0 bridgehead atoms. The van der Waals surface area contributed by atoms with Crippen molar-refractivity contribution >= 4 is 39.3 Å². The molecule has 2 aromatic carbocycles. The average molecular weight is 471 g/mol. The zero-order valence-corrected chi connectivity index (χ0v) is 17.7. The van der Waals surface area contributed by atoms with Crippen LogP contribution in [0.25, 0.3) is 27.4 Å². The number of benzene rings is 2. The Morgan fingerprint density at radius 3 is 2.50 bits per heavy atom. The normalized spacial score (nSPS) is 11.8. The van der Waals surface area contributed by atoms with E-state index in [9.17, 15) is 18.0 Å². The molecule has 0 aliphatic rings. The molecule has 5 aromatic rings. The van der Waals surface area contributed by atoms with Gasteiger partial charge < -0.3 is 4.42 Å². The van der Waals surface area contributed by atoms with Gasteiger partial charge in [0.15, 0.2) is 11.3 Å². The third-order valence-corrected chi connectivity index (χ3v) is 6.24. The van der Waals surface area contributed by atoms with Gasteiger partial charge >= 0.3 is 6.18 Å². The Balaban J connectivity index is 1.43. The molecule has 3 heterocycles. The predicted octanol–water partition coefficient (Wildman–Crippen LogP) is 6.69. The second kappa shape index (κ2) is 7.95. The van der Waals surface area contributed by atoms with Crippen molar-refractivity contribution in [3.8, 4) is 16.3 Å². The molecule has 0 saturated heterocycles. The number of carbonyl (C=O) groups is 1. The van der Waals surface area contributed by atoms with Crippen molar-refractivity contribution < 1.29 is 22.4 Å². The Morgan fingerprint density at radius 2 is 1.81 bits per heavy atom. The Hall–Kier alpha value is -3.37. The molecule has 0 saturated carbocycles. The van der Waals surface area contributed by atoms with Gasteiger partial charge in [-0.2, -0.15) is 18.3 Å². The highest BCUT2D eigenvalue weighted by atomic mass is 32.2. The van der Waals surface area contributed by atoms with Crippen LogP contribution in [-0.4, -0.2) is 19.9 Å². The van der Waals surface area contributed by atoms with Gasteiger partial charge in [-0.15, -0.1) is 11.3 Å². The molecule has 0 radical (unpaired) electrons. The summed E-state index contributed by atoms with van der Waals surface area (Å²) in [6.45, 7) is 0. The van der Waals surface area contributed by atoms with Crippen LogP contribution in [-0.2, 0) is 6.18 Å². The highest BCUT2D eigenvalue weighted by Gasteiger charge is 2.35. The molecule has 0 N–H and O–H groups in total. The van der Waals surface area contributed by atoms with E-state index < -0.39 is 11.9 Å². The summed E-state index contributed by atoms with van der Waals surface area (Å²) in [5.41, 5.74) is 1.35.